The Bertz CT molecular complexity index is 813. The number of pyridine rings is 1. The first-order valence-corrected chi connectivity index (χ1v) is 8.70. The number of anilines is 1. The van der Waals surface area contributed by atoms with E-state index in [4.69, 9.17) is 0 Å². The average Bonchev–Trinajstić information content (AvgIpc) is 2.92. The summed E-state index contributed by atoms with van der Waals surface area (Å²) < 4.78 is 1.91. The van der Waals surface area contributed by atoms with Crippen molar-refractivity contribution in [1.29, 1.82) is 0 Å². The summed E-state index contributed by atoms with van der Waals surface area (Å²) in [4.78, 5) is 29.2. The van der Waals surface area contributed by atoms with Crippen molar-refractivity contribution < 1.29 is 4.79 Å². The van der Waals surface area contributed by atoms with Crippen LogP contribution < -0.4 is 10.9 Å². The molecule has 6 heteroatoms. The van der Waals surface area contributed by atoms with Crippen molar-refractivity contribution in [2.24, 2.45) is 0 Å². The highest BCUT2D eigenvalue weighted by Gasteiger charge is 2.34. The lowest BCUT2D eigenvalue weighted by Gasteiger charge is -2.28. The van der Waals surface area contributed by atoms with Crippen LogP contribution >= 0.6 is 0 Å². The number of rotatable bonds is 2. The second-order valence-electron chi connectivity index (χ2n) is 6.90. The number of aromatic amines is 1. The number of aryl methyl sites for hydroxylation is 1. The van der Waals surface area contributed by atoms with Crippen LogP contribution in [0.1, 0.15) is 67.3 Å². The summed E-state index contributed by atoms with van der Waals surface area (Å²) in [7, 11) is 0. The summed E-state index contributed by atoms with van der Waals surface area (Å²) in [5.74, 6) is 0.390. The van der Waals surface area contributed by atoms with Gasteiger partial charge in [-0.3, -0.25) is 24.4 Å². The maximum atomic E-state index is 12.6. The smallest absolute Gasteiger partial charge is 0.270 e. The van der Waals surface area contributed by atoms with E-state index in [0.717, 1.165) is 24.1 Å². The zero-order chi connectivity index (χ0) is 16.7. The zero-order valence-electron chi connectivity index (χ0n) is 13.8. The van der Waals surface area contributed by atoms with Gasteiger partial charge in [0.15, 0.2) is 0 Å². The highest BCUT2D eigenvalue weighted by atomic mass is 16.2. The van der Waals surface area contributed by atoms with Crippen LogP contribution in [0.2, 0.25) is 0 Å². The topological polar surface area (TPSA) is 79.8 Å². The van der Waals surface area contributed by atoms with Gasteiger partial charge in [0.1, 0.15) is 5.82 Å². The molecule has 1 saturated carbocycles. The van der Waals surface area contributed by atoms with E-state index in [1.807, 2.05) is 23.7 Å². The number of carbonyl (C=O) groups excluding carboxylic acids is 1. The van der Waals surface area contributed by atoms with Gasteiger partial charge in [0.2, 0.25) is 5.91 Å². The van der Waals surface area contributed by atoms with Crippen molar-refractivity contribution >= 4 is 11.7 Å². The molecule has 0 aromatic carbocycles. The molecule has 0 bridgehead atoms. The van der Waals surface area contributed by atoms with Gasteiger partial charge >= 0.3 is 0 Å². The molecule has 1 fully saturated rings. The molecule has 2 aromatic rings. The fraction of sp³-hybridized carbons (Fsp3) is 0.500. The first-order valence-electron chi connectivity index (χ1n) is 8.70. The van der Waals surface area contributed by atoms with Crippen molar-refractivity contribution in [3.8, 4) is 0 Å². The third kappa shape index (κ3) is 2.56. The number of nitrogens with zero attached hydrogens (tertiary/aromatic N) is 2. The van der Waals surface area contributed by atoms with Crippen molar-refractivity contribution in [3.05, 3.63) is 45.5 Å². The first-order chi connectivity index (χ1) is 11.6. The van der Waals surface area contributed by atoms with Gasteiger partial charge in [0, 0.05) is 24.2 Å². The van der Waals surface area contributed by atoms with Crippen LogP contribution in [0.3, 0.4) is 0 Å². The number of H-pyrrole nitrogens is 1. The predicted molar refractivity (Wildman–Crippen MR) is 91.2 cm³/mol. The van der Waals surface area contributed by atoms with Gasteiger partial charge in [-0.25, -0.2) is 0 Å². The van der Waals surface area contributed by atoms with Gasteiger partial charge in [-0.15, -0.1) is 0 Å². The number of fused-ring (bicyclic) bond motifs is 1. The number of amides is 1. The monoisotopic (exact) mass is 326 g/mol. The lowest BCUT2D eigenvalue weighted by Crippen LogP contribution is -2.27. The minimum atomic E-state index is -0.226. The van der Waals surface area contributed by atoms with Crippen molar-refractivity contribution in [1.82, 2.24) is 14.8 Å². The molecular weight excluding hydrogens is 304 g/mol. The second-order valence-corrected chi connectivity index (χ2v) is 6.90. The maximum absolute atomic E-state index is 12.6. The lowest BCUT2D eigenvalue weighted by atomic mass is 9.87. The first kappa shape index (κ1) is 15.2. The van der Waals surface area contributed by atoms with Crippen molar-refractivity contribution in [2.45, 2.75) is 57.4 Å². The van der Waals surface area contributed by atoms with Gasteiger partial charge in [-0.05, 0) is 31.4 Å². The number of carbonyl (C=O) groups is 1. The van der Waals surface area contributed by atoms with E-state index < -0.39 is 0 Å². The molecule has 1 amide bonds. The Morgan fingerprint density at radius 3 is 2.67 bits per heavy atom. The zero-order valence-corrected chi connectivity index (χ0v) is 13.8. The van der Waals surface area contributed by atoms with Crippen LogP contribution in [0.15, 0.2) is 23.1 Å². The summed E-state index contributed by atoms with van der Waals surface area (Å²) in [5.41, 5.74) is 2.42. The molecule has 6 nitrogen and oxygen atoms in total. The SMILES string of the molecule is Cc1ccc(C2CC(=O)Nc3c2c(=O)[nH]n3C2CCCCC2)cn1. The number of hydrogen-bond acceptors (Lipinski definition) is 3. The molecule has 1 aliphatic carbocycles. The summed E-state index contributed by atoms with van der Waals surface area (Å²) in [6.07, 6.45) is 7.73. The van der Waals surface area contributed by atoms with Crippen molar-refractivity contribution in [3.63, 3.8) is 0 Å². The van der Waals surface area contributed by atoms with Gasteiger partial charge < -0.3 is 5.32 Å². The summed E-state index contributed by atoms with van der Waals surface area (Å²) >= 11 is 0. The molecule has 1 aliphatic heterocycles. The molecule has 2 aliphatic rings. The standard InChI is InChI=1S/C18H22N4O2/c1-11-7-8-12(10-19-11)14-9-15(23)20-17-16(14)18(24)21-22(17)13-5-3-2-4-6-13/h7-8,10,13-14H,2-6,9H2,1H3,(H,20,23)(H,21,24). The Kier molecular flexibility index (Phi) is 3.75. The number of hydrogen-bond donors (Lipinski definition) is 2. The molecule has 1 atom stereocenters. The van der Waals surface area contributed by atoms with Gasteiger partial charge in [0.05, 0.1) is 11.6 Å². The average molecular weight is 326 g/mol. The minimum Gasteiger partial charge on any atom is -0.311 e. The fourth-order valence-electron chi connectivity index (χ4n) is 3.97. The van der Waals surface area contributed by atoms with E-state index >= 15 is 0 Å². The molecule has 3 heterocycles. The fourth-order valence-corrected chi connectivity index (χ4v) is 3.97. The van der Waals surface area contributed by atoms with E-state index in [1.54, 1.807) is 6.20 Å². The molecular formula is C18H22N4O2. The number of nitrogens with one attached hydrogen (secondary N) is 2. The van der Waals surface area contributed by atoms with Gasteiger partial charge in [0.25, 0.3) is 5.56 Å². The van der Waals surface area contributed by atoms with Crippen LogP contribution in [0.4, 0.5) is 5.82 Å². The van der Waals surface area contributed by atoms with E-state index in [0.29, 0.717) is 11.4 Å². The lowest BCUT2D eigenvalue weighted by molar-refractivity contribution is -0.116. The Morgan fingerprint density at radius 2 is 1.96 bits per heavy atom. The van der Waals surface area contributed by atoms with Crippen LogP contribution in [0, 0.1) is 6.92 Å². The van der Waals surface area contributed by atoms with Crippen LogP contribution in [-0.2, 0) is 4.79 Å². The third-order valence-electron chi connectivity index (χ3n) is 5.23. The normalized spacial score (nSPS) is 21.4. The predicted octanol–water partition coefficient (Wildman–Crippen LogP) is 2.86. The molecule has 0 saturated heterocycles. The molecule has 2 aromatic heterocycles. The second kappa shape index (κ2) is 5.92. The highest BCUT2D eigenvalue weighted by molar-refractivity contribution is 5.94. The minimum absolute atomic E-state index is 0.0448. The van der Waals surface area contributed by atoms with Gasteiger partial charge in [-0.1, -0.05) is 25.3 Å². The van der Waals surface area contributed by atoms with Crippen molar-refractivity contribution in [2.75, 3.05) is 5.32 Å². The van der Waals surface area contributed by atoms with E-state index in [2.05, 4.69) is 15.4 Å². The Morgan fingerprint density at radius 1 is 1.17 bits per heavy atom. The highest BCUT2D eigenvalue weighted by Crippen LogP contribution is 2.38. The molecule has 0 radical (unpaired) electrons. The molecule has 4 rings (SSSR count). The third-order valence-corrected chi connectivity index (χ3v) is 5.23. The van der Waals surface area contributed by atoms with E-state index in [1.165, 1.54) is 19.3 Å². The molecule has 1 unspecified atom stereocenters. The molecule has 126 valence electrons. The van der Waals surface area contributed by atoms with E-state index in [9.17, 15) is 9.59 Å². The Balaban J connectivity index is 1.79. The van der Waals surface area contributed by atoms with Crippen LogP contribution in [-0.4, -0.2) is 20.7 Å². The molecule has 24 heavy (non-hydrogen) atoms. The van der Waals surface area contributed by atoms with E-state index in [-0.39, 0.29) is 29.8 Å². The van der Waals surface area contributed by atoms with Crippen LogP contribution in [0.25, 0.3) is 0 Å². The number of aromatic nitrogens is 3. The van der Waals surface area contributed by atoms with Crippen LogP contribution in [0.5, 0.6) is 0 Å². The molecule has 0 spiro atoms. The maximum Gasteiger partial charge on any atom is 0.270 e. The Hall–Kier alpha value is -2.37. The summed E-state index contributed by atoms with van der Waals surface area (Å²) in [5, 5.41) is 5.91. The largest absolute Gasteiger partial charge is 0.311 e. The quantitative estimate of drug-likeness (QED) is 0.890. The molecule has 2 N–H and O–H groups in total. The van der Waals surface area contributed by atoms with Gasteiger partial charge in [-0.2, -0.15) is 0 Å². The summed E-state index contributed by atoms with van der Waals surface area (Å²) in [6.45, 7) is 1.93. The Labute approximate surface area is 140 Å². The summed E-state index contributed by atoms with van der Waals surface area (Å²) in [6, 6.07) is 4.16.